The van der Waals surface area contributed by atoms with E-state index in [4.69, 9.17) is 25.8 Å². The molecule has 1 saturated heterocycles. The second-order valence-electron chi connectivity index (χ2n) is 6.99. The van der Waals surface area contributed by atoms with Crippen molar-refractivity contribution in [3.8, 4) is 17.2 Å². The highest BCUT2D eigenvalue weighted by Gasteiger charge is 2.21. The van der Waals surface area contributed by atoms with Gasteiger partial charge in [0, 0.05) is 42.3 Å². The smallest absolute Gasteiger partial charge is 0.251 e. The summed E-state index contributed by atoms with van der Waals surface area (Å²) in [6.07, 6.45) is 1.82. The molecule has 0 radical (unpaired) electrons. The SMILES string of the molecule is COc1cc(OC)cc(C(=O)NC2CCN(CCOc3ccc(Cl)cc3)CC2)c1. The highest BCUT2D eigenvalue weighted by Crippen LogP contribution is 2.23. The van der Waals surface area contributed by atoms with E-state index in [0.717, 1.165) is 38.2 Å². The van der Waals surface area contributed by atoms with Crippen molar-refractivity contribution in [3.63, 3.8) is 0 Å². The van der Waals surface area contributed by atoms with E-state index in [1.54, 1.807) is 32.4 Å². The number of benzene rings is 2. The molecule has 0 atom stereocenters. The Morgan fingerprint density at radius 3 is 2.24 bits per heavy atom. The van der Waals surface area contributed by atoms with Crippen LogP contribution < -0.4 is 19.5 Å². The van der Waals surface area contributed by atoms with Gasteiger partial charge in [-0.1, -0.05) is 11.6 Å². The molecule has 0 aromatic heterocycles. The third-order valence-corrected chi connectivity index (χ3v) is 5.28. The van der Waals surface area contributed by atoms with Crippen molar-refractivity contribution in [1.82, 2.24) is 10.2 Å². The fraction of sp³-hybridized carbons (Fsp3) is 0.409. The predicted octanol–water partition coefficient (Wildman–Crippen LogP) is 3.63. The summed E-state index contributed by atoms with van der Waals surface area (Å²) < 4.78 is 16.2. The minimum Gasteiger partial charge on any atom is -0.497 e. The van der Waals surface area contributed by atoms with E-state index >= 15 is 0 Å². The van der Waals surface area contributed by atoms with Crippen molar-refractivity contribution in [3.05, 3.63) is 53.1 Å². The molecule has 2 aromatic rings. The van der Waals surface area contributed by atoms with Gasteiger partial charge in [0.05, 0.1) is 14.2 Å². The van der Waals surface area contributed by atoms with Crippen LogP contribution in [0.2, 0.25) is 5.02 Å². The zero-order chi connectivity index (χ0) is 20.6. The summed E-state index contributed by atoms with van der Waals surface area (Å²) in [7, 11) is 3.14. The molecule has 2 aromatic carbocycles. The largest absolute Gasteiger partial charge is 0.497 e. The van der Waals surface area contributed by atoms with Crippen LogP contribution in [0.4, 0.5) is 0 Å². The number of nitrogens with zero attached hydrogens (tertiary/aromatic N) is 1. The quantitative estimate of drug-likeness (QED) is 0.709. The number of ether oxygens (including phenoxy) is 3. The Labute approximate surface area is 176 Å². The fourth-order valence-corrected chi connectivity index (χ4v) is 3.46. The molecular formula is C22H27ClN2O4. The zero-order valence-corrected chi connectivity index (χ0v) is 17.6. The van der Waals surface area contributed by atoms with Gasteiger partial charge in [-0.3, -0.25) is 9.69 Å². The van der Waals surface area contributed by atoms with Crippen LogP contribution in [0.3, 0.4) is 0 Å². The number of carbonyl (C=O) groups excluding carboxylic acids is 1. The van der Waals surface area contributed by atoms with Gasteiger partial charge >= 0.3 is 0 Å². The molecule has 0 saturated carbocycles. The van der Waals surface area contributed by atoms with Crippen LogP contribution in [0.25, 0.3) is 0 Å². The lowest BCUT2D eigenvalue weighted by molar-refractivity contribution is 0.0904. The Balaban J connectivity index is 1.42. The maximum atomic E-state index is 12.6. The summed E-state index contributed by atoms with van der Waals surface area (Å²) in [6.45, 7) is 3.34. The predicted molar refractivity (Wildman–Crippen MR) is 113 cm³/mol. The number of methoxy groups -OCH3 is 2. The molecule has 7 heteroatoms. The lowest BCUT2D eigenvalue weighted by atomic mass is 10.0. The first-order chi connectivity index (χ1) is 14.1. The Morgan fingerprint density at radius 1 is 1.03 bits per heavy atom. The number of carbonyl (C=O) groups is 1. The molecule has 0 bridgehead atoms. The van der Waals surface area contributed by atoms with Crippen LogP contribution in [-0.4, -0.2) is 57.3 Å². The van der Waals surface area contributed by atoms with Crippen molar-refractivity contribution in [2.75, 3.05) is 40.5 Å². The van der Waals surface area contributed by atoms with Crippen LogP contribution in [-0.2, 0) is 0 Å². The average Bonchev–Trinajstić information content (AvgIpc) is 2.76. The summed E-state index contributed by atoms with van der Waals surface area (Å²) in [6, 6.07) is 12.7. The molecule has 1 amide bonds. The van der Waals surface area contributed by atoms with Crippen molar-refractivity contribution < 1.29 is 19.0 Å². The van der Waals surface area contributed by atoms with Crippen LogP contribution >= 0.6 is 11.6 Å². The molecule has 1 aliphatic heterocycles. The topological polar surface area (TPSA) is 60.0 Å². The maximum Gasteiger partial charge on any atom is 0.251 e. The molecule has 1 N–H and O–H groups in total. The lowest BCUT2D eigenvalue weighted by Gasteiger charge is -2.32. The van der Waals surface area contributed by atoms with Gasteiger partial charge in [0.25, 0.3) is 5.91 Å². The van der Waals surface area contributed by atoms with Crippen LogP contribution in [0.1, 0.15) is 23.2 Å². The Morgan fingerprint density at radius 2 is 1.66 bits per heavy atom. The summed E-state index contributed by atoms with van der Waals surface area (Å²) in [5.74, 6) is 1.92. The summed E-state index contributed by atoms with van der Waals surface area (Å²) in [5.41, 5.74) is 0.542. The van der Waals surface area contributed by atoms with Gasteiger partial charge < -0.3 is 19.5 Å². The molecule has 156 valence electrons. The number of hydrogen-bond acceptors (Lipinski definition) is 5. The first kappa shape index (κ1) is 21.3. The lowest BCUT2D eigenvalue weighted by Crippen LogP contribution is -2.45. The fourth-order valence-electron chi connectivity index (χ4n) is 3.33. The van der Waals surface area contributed by atoms with Crippen molar-refractivity contribution in [2.24, 2.45) is 0 Å². The number of piperidine rings is 1. The van der Waals surface area contributed by atoms with Crippen molar-refractivity contribution >= 4 is 17.5 Å². The second kappa shape index (κ2) is 10.4. The number of hydrogen-bond donors (Lipinski definition) is 1. The number of likely N-dealkylation sites (tertiary alicyclic amines) is 1. The highest BCUT2D eigenvalue weighted by atomic mass is 35.5. The van der Waals surface area contributed by atoms with E-state index in [2.05, 4.69) is 10.2 Å². The summed E-state index contributed by atoms with van der Waals surface area (Å²) in [5, 5.41) is 3.83. The molecule has 1 fully saturated rings. The van der Waals surface area contributed by atoms with E-state index in [9.17, 15) is 4.79 Å². The van der Waals surface area contributed by atoms with Gasteiger partial charge in [-0.15, -0.1) is 0 Å². The van der Waals surface area contributed by atoms with Crippen LogP contribution in [0.5, 0.6) is 17.2 Å². The Hall–Kier alpha value is -2.44. The molecular weight excluding hydrogens is 392 g/mol. The Kier molecular flexibility index (Phi) is 7.61. The molecule has 6 nitrogen and oxygen atoms in total. The standard InChI is InChI=1S/C22H27ClN2O4/c1-27-20-13-16(14-21(15-20)28-2)22(26)24-18-7-9-25(10-8-18)11-12-29-19-5-3-17(23)4-6-19/h3-6,13-15,18H,7-12H2,1-2H3,(H,24,26). The first-order valence-electron chi connectivity index (χ1n) is 9.72. The van der Waals surface area contributed by atoms with Crippen molar-refractivity contribution in [1.29, 1.82) is 0 Å². The van der Waals surface area contributed by atoms with E-state index in [0.29, 0.717) is 28.7 Å². The number of amides is 1. The van der Waals surface area contributed by atoms with Gasteiger partial charge in [-0.2, -0.15) is 0 Å². The van der Waals surface area contributed by atoms with Gasteiger partial charge in [0.15, 0.2) is 0 Å². The third-order valence-electron chi connectivity index (χ3n) is 5.03. The van der Waals surface area contributed by atoms with Gasteiger partial charge in [-0.25, -0.2) is 0 Å². The molecule has 0 aliphatic carbocycles. The van der Waals surface area contributed by atoms with E-state index < -0.39 is 0 Å². The first-order valence-corrected chi connectivity index (χ1v) is 10.1. The molecule has 3 rings (SSSR count). The molecule has 1 heterocycles. The highest BCUT2D eigenvalue weighted by molar-refractivity contribution is 6.30. The second-order valence-corrected chi connectivity index (χ2v) is 7.43. The molecule has 1 aliphatic rings. The van der Waals surface area contributed by atoms with Crippen molar-refractivity contribution in [2.45, 2.75) is 18.9 Å². The number of halogens is 1. The van der Waals surface area contributed by atoms with E-state index in [1.165, 1.54) is 0 Å². The number of nitrogens with one attached hydrogen (secondary N) is 1. The monoisotopic (exact) mass is 418 g/mol. The van der Waals surface area contributed by atoms with Crippen LogP contribution in [0, 0.1) is 0 Å². The Bertz CT molecular complexity index is 783. The average molecular weight is 419 g/mol. The van der Waals surface area contributed by atoms with Crippen LogP contribution in [0.15, 0.2) is 42.5 Å². The summed E-state index contributed by atoms with van der Waals surface area (Å²) >= 11 is 5.88. The number of rotatable bonds is 8. The minimum absolute atomic E-state index is 0.105. The minimum atomic E-state index is -0.105. The maximum absolute atomic E-state index is 12.6. The van der Waals surface area contributed by atoms with Gasteiger partial charge in [0.2, 0.25) is 0 Å². The zero-order valence-electron chi connectivity index (χ0n) is 16.8. The molecule has 29 heavy (non-hydrogen) atoms. The summed E-state index contributed by atoms with van der Waals surface area (Å²) in [4.78, 5) is 15.0. The van der Waals surface area contributed by atoms with Gasteiger partial charge in [0.1, 0.15) is 23.9 Å². The molecule has 0 unspecified atom stereocenters. The van der Waals surface area contributed by atoms with E-state index in [-0.39, 0.29) is 11.9 Å². The third kappa shape index (κ3) is 6.27. The van der Waals surface area contributed by atoms with E-state index in [1.807, 2.05) is 24.3 Å². The normalized spacial score (nSPS) is 15.0. The van der Waals surface area contributed by atoms with Gasteiger partial charge in [-0.05, 0) is 49.2 Å². The molecule has 0 spiro atoms.